The Bertz CT molecular complexity index is 530. The van der Waals surface area contributed by atoms with Crippen molar-refractivity contribution in [1.82, 2.24) is 4.90 Å². The summed E-state index contributed by atoms with van der Waals surface area (Å²) in [6.07, 6.45) is 4.37. The first-order chi connectivity index (χ1) is 11.6. The quantitative estimate of drug-likeness (QED) is 0.899. The molecule has 5 nitrogen and oxygen atoms in total. The van der Waals surface area contributed by atoms with E-state index in [1.165, 1.54) is 0 Å². The second-order valence-corrected chi connectivity index (χ2v) is 6.96. The van der Waals surface area contributed by atoms with E-state index in [9.17, 15) is 4.79 Å². The van der Waals surface area contributed by atoms with Gasteiger partial charge in [-0.1, -0.05) is 0 Å². The highest BCUT2D eigenvalue weighted by Gasteiger charge is 2.25. The van der Waals surface area contributed by atoms with E-state index in [0.717, 1.165) is 56.7 Å². The van der Waals surface area contributed by atoms with E-state index in [2.05, 4.69) is 6.92 Å². The fourth-order valence-electron chi connectivity index (χ4n) is 3.47. The Hall–Kier alpha value is -1.59. The summed E-state index contributed by atoms with van der Waals surface area (Å²) in [5.41, 5.74) is 6.68. The van der Waals surface area contributed by atoms with Crippen LogP contribution in [0.15, 0.2) is 24.3 Å². The van der Waals surface area contributed by atoms with Crippen molar-refractivity contribution in [3.63, 3.8) is 0 Å². The highest BCUT2D eigenvalue weighted by molar-refractivity contribution is 5.94. The van der Waals surface area contributed by atoms with Gasteiger partial charge in [0.1, 0.15) is 12.4 Å². The topological polar surface area (TPSA) is 64.8 Å². The first kappa shape index (κ1) is 17.2. The van der Waals surface area contributed by atoms with Crippen molar-refractivity contribution in [2.75, 3.05) is 26.3 Å². The van der Waals surface area contributed by atoms with Crippen LogP contribution in [0.4, 0.5) is 0 Å². The Balaban J connectivity index is 1.50. The number of amides is 1. The second-order valence-electron chi connectivity index (χ2n) is 6.96. The Morgan fingerprint density at radius 2 is 2.00 bits per heavy atom. The third-order valence-corrected chi connectivity index (χ3v) is 5.13. The van der Waals surface area contributed by atoms with E-state index < -0.39 is 0 Å². The number of piperidine rings is 1. The van der Waals surface area contributed by atoms with Crippen LogP contribution in [0, 0.1) is 5.92 Å². The summed E-state index contributed by atoms with van der Waals surface area (Å²) in [4.78, 5) is 14.5. The summed E-state index contributed by atoms with van der Waals surface area (Å²) < 4.78 is 11.3. The van der Waals surface area contributed by atoms with E-state index in [0.29, 0.717) is 12.5 Å². The largest absolute Gasteiger partial charge is 0.491 e. The molecule has 2 aliphatic heterocycles. The number of hydrogen-bond donors (Lipinski definition) is 1. The number of benzene rings is 1. The van der Waals surface area contributed by atoms with Gasteiger partial charge in [0.15, 0.2) is 0 Å². The maximum absolute atomic E-state index is 12.6. The summed E-state index contributed by atoms with van der Waals surface area (Å²) in [5, 5.41) is 0. The summed E-state index contributed by atoms with van der Waals surface area (Å²) in [6, 6.07) is 7.66. The summed E-state index contributed by atoms with van der Waals surface area (Å²) in [5.74, 6) is 1.42. The SMILES string of the molecule is CC(N)C1CCN(C(=O)c2ccc(OCC3CCCO3)cc2)CC1. The molecule has 0 radical (unpaired) electrons. The van der Waals surface area contributed by atoms with Crippen LogP contribution in [-0.4, -0.2) is 49.3 Å². The van der Waals surface area contributed by atoms with Crippen molar-refractivity contribution in [3.05, 3.63) is 29.8 Å². The van der Waals surface area contributed by atoms with E-state index in [1.54, 1.807) is 0 Å². The molecule has 24 heavy (non-hydrogen) atoms. The Morgan fingerprint density at radius 3 is 2.58 bits per heavy atom. The molecule has 0 saturated carbocycles. The fraction of sp³-hybridized carbons (Fsp3) is 0.632. The van der Waals surface area contributed by atoms with E-state index in [-0.39, 0.29) is 18.1 Å². The number of likely N-dealkylation sites (tertiary alicyclic amines) is 1. The molecule has 2 fully saturated rings. The number of nitrogens with two attached hydrogens (primary N) is 1. The Labute approximate surface area is 144 Å². The van der Waals surface area contributed by atoms with Crippen molar-refractivity contribution in [2.24, 2.45) is 11.7 Å². The number of carbonyl (C=O) groups excluding carboxylic acids is 1. The maximum atomic E-state index is 12.6. The third kappa shape index (κ3) is 4.28. The van der Waals surface area contributed by atoms with Gasteiger partial charge in [-0.2, -0.15) is 0 Å². The van der Waals surface area contributed by atoms with Gasteiger partial charge in [-0.25, -0.2) is 0 Å². The molecule has 3 rings (SSSR count). The van der Waals surface area contributed by atoms with Gasteiger partial charge < -0.3 is 20.1 Å². The number of carbonyl (C=O) groups is 1. The Morgan fingerprint density at radius 1 is 1.29 bits per heavy atom. The average Bonchev–Trinajstić information content (AvgIpc) is 3.13. The second kappa shape index (κ2) is 7.99. The minimum atomic E-state index is 0.101. The molecular weight excluding hydrogens is 304 g/mol. The molecule has 2 N–H and O–H groups in total. The standard InChI is InChI=1S/C19H28N2O3/c1-14(20)15-8-10-21(11-9-15)19(22)16-4-6-17(7-5-16)24-13-18-3-2-12-23-18/h4-7,14-15,18H,2-3,8-13,20H2,1H3. The molecule has 0 bridgehead atoms. The number of ether oxygens (including phenoxy) is 2. The molecule has 2 unspecified atom stereocenters. The van der Waals surface area contributed by atoms with Gasteiger partial charge in [-0.05, 0) is 62.8 Å². The van der Waals surface area contributed by atoms with E-state index in [4.69, 9.17) is 15.2 Å². The summed E-state index contributed by atoms with van der Waals surface area (Å²) >= 11 is 0. The molecular formula is C19H28N2O3. The first-order valence-electron chi connectivity index (χ1n) is 9.03. The molecule has 2 atom stereocenters. The molecule has 0 aliphatic carbocycles. The molecule has 2 heterocycles. The molecule has 0 aromatic heterocycles. The Kier molecular flexibility index (Phi) is 5.74. The maximum Gasteiger partial charge on any atom is 0.253 e. The van der Waals surface area contributed by atoms with Crippen molar-refractivity contribution in [1.29, 1.82) is 0 Å². The molecule has 5 heteroatoms. The molecule has 132 valence electrons. The minimum Gasteiger partial charge on any atom is -0.491 e. The minimum absolute atomic E-state index is 0.101. The van der Waals surface area contributed by atoms with Crippen molar-refractivity contribution in [2.45, 2.75) is 44.8 Å². The van der Waals surface area contributed by atoms with Crippen LogP contribution >= 0.6 is 0 Å². The third-order valence-electron chi connectivity index (χ3n) is 5.13. The zero-order valence-electron chi connectivity index (χ0n) is 14.4. The van der Waals surface area contributed by atoms with Gasteiger partial charge in [0.25, 0.3) is 5.91 Å². The first-order valence-corrected chi connectivity index (χ1v) is 9.03. The van der Waals surface area contributed by atoms with Crippen molar-refractivity contribution in [3.8, 4) is 5.75 Å². The van der Waals surface area contributed by atoms with Gasteiger partial charge >= 0.3 is 0 Å². The lowest BCUT2D eigenvalue weighted by molar-refractivity contribution is 0.0671. The van der Waals surface area contributed by atoms with E-state index >= 15 is 0 Å². The van der Waals surface area contributed by atoms with Crippen molar-refractivity contribution < 1.29 is 14.3 Å². The average molecular weight is 332 g/mol. The van der Waals surface area contributed by atoms with Gasteiger partial charge in [0, 0.05) is 31.3 Å². The number of rotatable bonds is 5. The number of nitrogens with zero attached hydrogens (tertiary/aromatic N) is 1. The molecule has 1 amide bonds. The zero-order chi connectivity index (χ0) is 16.9. The smallest absolute Gasteiger partial charge is 0.253 e. The van der Waals surface area contributed by atoms with Crippen LogP contribution in [0.1, 0.15) is 43.0 Å². The van der Waals surface area contributed by atoms with Gasteiger partial charge in [0.05, 0.1) is 6.10 Å². The lowest BCUT2D eigenvalue weighted by atomic mass is 9.90. The van der Waals surface area contributed by atoms with Crippen LogP contribution in [0.3, 0.4) is 0 Å². The predicted molar refractivity (Wildman–Crippen MR) is 93.2 cm³/mol. The van der Waals surface area contributed by atoms with Gasteiger partial charge in [-0.3, -0.25) is 4.79 Å². The van der Waals surface area contributed by atoms with Crippen LogP contribution in [-0.2, 0) is 4.74 Å². The normalized spacial score (nSPS) is 23.2. The highest BCUT2D eigenvalue weighted by Crippen LogP contribution is 2.22. The zero-order valence-corrected chi connectivity index (χ0v) is 14.4. The lowest BCUT2D eigenvalue weighted by Gasteiger charge is -2.33. The summed E-state index contributed by atoms with van der Waals surface area (Å²) in [7, 11) is 0. The highest BCUT2D eigenvalue weighted by atomic mass is 16.5. The molecule has 2 saturated heterocycles. The molecule has 0 spiro atoms. The molecule has 1 aromatic carbocycles. The monoisotopic (exact) mass is 332 g/mol. The van der Waals surface area contributed by atoms with Crippen LogP contribution in [0.25, 0.3) is 0 Å². The van der Waals surface area contributed by atoms with Gasteiger partial charge in [0.2, 0.25) is 0 Å². The van der Waals surface area contributed by atoms with Crippen LogP contribution < -0.4 is 10.5 Å². The predicted octanol–water partition coefficient (Wildman–Crippen LogP) is 2.44. The van der Waals surface area contributed by atoms with Crippen LogP contribution in [0.5, 0.6) is 5.75 Å². The van der Waals surface area contributed by atoms with Crippen molar-refractivity contribution >= 4 is 5.91 Å². The lowest BCUT2D eigenvalue weighted by Crippen LogP contribution is -2.42. The van der Waals surface area contributed by atoms with E-state index in [1.807, 2.05) is 29.2 Å². The van der Waals surface area contributed by atoms with Crippen LogP contribution in [0.2, 0.25) is 0 Å². The summed E-state index contributed by atoms with van der Waals surface area (Å²) in [6.45, 7) is 5.06. The molecule has 2 aliphatic rings. The van der Waals surface area contributed by atoms with Gasteiger partial charge in [-0.15, -0.1) is 0 Å². The number of hydrogen-bond acceptors (Lipinski definition) is 4. The fourth-order valence-corrected chi connectivity index (χ4v) is 3.47. The molecule has 1 aromatic rings.